The second kappa shape index (κ2) is 6.44. The van der Waals surface area contributed by atoms with Gasteiger partial charge in [-0.1, -0.05) is 19.1 Å². The summed E-state index contributed by atoms with van der Waals surface area (Å²) in [6, 6.07) is 8.07. The van der Waals surface area contributed by atoms with E-state index in [4.69, 9.17) is 0 Å². The van der Waals surface area contributed by atoms with Crippen LogP contribution in [0, 0.1) is 0 Å². The van der Waals surface area contributed by atoms with Crippen LogP contribution in [0.25, 0.3) is 0 Å². The summed E-state index contributed by atoms with van der Waals surface area (Å²) in [5.74, 6) is 1.22. The number of hydrogen-bond donors (Lipinski definition) is 2. The van der Waals surface area contributed by atoms with Gasteiger partial charge >= 0.3 is 0 Å². The number of carbonyl (C=O) groups is 1. The van der Waals surface area contributed by atoms with E-state index in [0.29, 0.717) is 0 Å². The molecule has 1 atom stereocenters. The molecule has 0 bridgehead atoms. The number of benzene rings is 1. The van der Waals surface area contributed by atoms with Crippen LogP contribution in [0.4, 0.5) is 5.69 Å². The molecule has 1 saturated heterocycles. The molecule has 1 aromatic rings. The highest BCUT2D eigenvalue weighted by atomic mass is 32.2. The van der Waals surface area contributed by atoms with Crippen molar-refractivity contribution in [1.82, 2.24) is 5.32 Å². The third-order valence-corrected chi connectivity index (χ3v) is 4.98. The Bertz CT molecular complexity index is 442. The number of rotatable bonds is 5. The van der Waals surface area contributed by atoms with Gasteiger partial charge in [0.15, 0.2) is 0 Å². The predicted octanol–water partition coefficient (Wildman–Crippen LogP) is 3.02. The largest absolute Gasteiger partial charge is 0.325 e. The second-order valence-electron chi connectivity index (χ2n) is 5.12. The standard InChI is InChI=1S/C15H22N2OS/c1-3-16-11-12-6-4-7-13(10-12)17-14(18)15(2)8-5-9-19-15/h4,6-7,10,16H,3,5,8-9,11H2,1-2H3,(H,17,18). The Kier molecular flexibility index (Phi) is 4.88. The Balaban J connectivity index is 2.00. The fraction of sp³-hybridized carbons (Fsp3) is 0.533. The van der Waals surface area contributed by atoms with E-state index in [2.05, 4.69) is 23.6 Å². The molecule has 2 rings (SSSR count). The molecule has 19 heavy (non-hydrogen) atoms. The predicted molar refractivity (Wildman–Crippen MR) is 82.5 cm³/mol. The molecule has 1 unspecified atom stereocenters. The van der Waals surface area contributed by atoms with Crippen molar-refractivity contribution in [2.75, 3.05) is 17.6 Å². The van der Waals surface area contributed by atoms with E-state index in [9.17, 15) is 4.79 Å². The van der Waals surface area contributed by atoms with Crippen molar-refractivity contribution in [3.8, 4) is 0 Å². The first-order valence-electron chi connectivity index (χ1n) is 6.89. The SMILES string of the molecule is CCNCc1cccc(NC(=O)C2(C)CCCS2)c1. The average Bonchev–Trinajstić information content (AvgIpc) is 2.85. The summed E-state index contributed by atoms with van der Waals surface area (Å²) in [6.07, 6.45) is 2.11. The van der Waals surface area contributed by atoms with E-state index < -0.39 is 0 Å². The minimum absolute atomic E-state index is 0.135. The van der Waals surface area contributed by atoms with Crippen LogP contribution in [0.3, 0.4) is 0 Å². The summed E-state index contributed by atoms with van der Waals surface area (Å²) in [7, 11) is 0. The second-order valence-corrected chi connectivity index (χ2v) is 6.72. The van der Waals surface area contributed by atoms with Gasteiger partial charge in [-0.15, -0.1) is 11.8 Å². The molecule has 1 heterocycles. The first kappa shape index (κ1) is 14.4. The van der Waals surface area contributed by atoms with Crippen LogP contribution >= 0.6 is 11.8 Å². The van der Waals surface area contributed by atoms with E-state index in [1.165, 1.54) is 5.56 Å². The van der Waals surface area contributed by atoms with Crippen LogP contribution in [0.2, 0.25) is 0 Å². The number of carbonyl (C=O) groups excluding carboxylic acids is 1. The Morgan fingerprint density at radius 3 is 3.00 bits per heavy atom. The molecule has 0 saturated carbocycles. The molecule has 1 aliphatic rings. The van der Waals surface area contributed by atoms with Gasteiger partial charge in [0.05, 0.1) is 4.75 Å². The van der Waals surface area contributed by atoms with Crippen LogP contribution in [0.5, 0.6) is 0 Å². The maximum atomic E-state index is 12.3. The van der Waals surface area contributed by atoms with Gasteiger partial charge in [0.25, 0.3) is 0 Å². The van der Waals surface area contributed by atoms with Gasteiger partial charge in [0.1, 0.15) is 0 Å². The van der Waals surface area contributed by atoms with Gasteiger partial charge in [0.2, 0.25) is 5.91 Å². The highest BCUT2D eigenvalue weighted by Crippen LogP contribution is 2.38. The zero-order chi connectivity index (χ0) is 13.7. The molecule has 1 amide bonds. The molecular formula is C15H22N2OS. The molecule has 0 aliphatic carbocycles. The summed E-state index contributed by atoms with van der Waals surface area (Å²) >= 11 is 1.77. The lowest BCUT2D eigenvalue weighted by atomic mass is 10.0. The summed E-state index contributed by atoms with van der Waals surface area (Å²) in [6.45, 7) is 5.92. The number of anilines is 1. The third kappa shape index (κ3) is 3.74. The Labute approximate surface area is 119 Å². The first-order valence-corrected chi connectivity index (χ1v) is 7.88. The lowest BCUT2D eigenvalue weighted by Crippen LogP contribution is -2.34. The quantitative estimate of drug-likeness (QED) is 0.870. The van der Waals surface area contributed by atoms with Gasteiger partial charge in [-0.05, 0) is 49.8 Å². The maximum absolute atomic E-state index is 12.3. The summed E-state index contributed by atoms with van der Waals surface area (Å²) in [5.41, 5.74) is 2.10. The lowest BCUT2D eigenvalue weighted by molar-refractivity contribution is -0.118. The Morgan fingerprint density at radius 2 is 2.32 bits per heavy atom. The smallest absolute Gasteiger partial charge is 0.240 e. The van der Waals surface area contributed by atoms with E-state index >= 15 is 0 Å². The number of thioether (sulfide) groups is 1. The van der Waals surface area contributed by atoms with E-state index in [1.807, 2.05) is 25.1 Å². The highest BCUT2D eigenvalue weighted by molar-refractivity contribution is 8.01. The van der Waals surface area contributed by atoms with Crippen molar-refractivity contribution in [3.63, 3.8) is 0 Å². The van der Waals surface area contributed by atoms with Crippen LogP contribution in [0.1, 0.15) is 32.3 Å². The monoisotopic (exact) mass is 278 g/mol. The first-order chi connectivity index (χ1) is 9.14. The van der Waals surface area contributed by atoms with Crippen LogP contribution in [-0.4, -0.2) is 23.0 Å². The van der Waals surface area contributed by atoms with Crippen molar-refractivity contribution in [2.24, 2.45) is 0 Å². The third-order valence-electron chi connectivity index (χ3n) is 3.46. The van der Waals surface area contributed by atoms with Gasteiger partial charge in [-0.25, -0.2) is 0 Å². The molecule has 4 heteroatoms. The zero-order valence-corrected chi connectivity index (χ0v) is 12.5. The van der Waals surface area contributed by atoms with E-state index in [1.54, 1.807) is 11.8 Å². The number of hydrogen-bond acceptors (Lipinski definition) is 3. The van der Waals surface area contributed by atoms with Crippen molar-refractivity contribution >= 4 is 23.4 Å². The van der Waals surface area contributed by atoms with Gasteiger partial charge < -0.3 is 10.6 Å². The lowest BCUT2D eigenvalue weighted by Gasteiger charge is -2.21. The van der Waals surface area contributed by atoms with E-state index in [-0.39, 0.29) is 10.7 Å². The molecule has 1 fully saturated rings. The van der Waals surface area contributed by atoms with Gasteiger partial charge in [-0.3, -0.25) is 4.79 Å². The number of amides is 1. The molecular weight excluding hydrogens is 256 g/mol. The van der Waals surface area contributed by atoms with Crippen molar-refractivity contribution in [2.45, 2.75) is 38.0 Å². The van der Waals surface area contributed by atoms with Gasteiger partial charge in [-0.2, -0.15) is 0 Å². The topological polar surface area (TPSA) is 41.1 Å². The number of nitrogens with one attached hydrogen (secondary N) is 2. The minimum Gasteiger partial charge on any atom is -0.325 e. The van der Waals surface area contributed by atoms with Crippen LogP contribution in [-0.2, 0) is 11.3 Å². The van der Waals surface area contributed by atoms with Crippen molar-refractivity contribution in [1.29, 1.82) is 0 Å². The normalized spacial score (nSPS) is 22.4. The maximum Gasteiger partial charge on any atom is 0.240 e. The van der Waals surface area contributed by atoms with Gasteiger partial charge in [0, 0.05) is 12.2 Å². The summed E-state index contributed by atoms with van der Waals surface area (Å²) in [4.78, 5) is 12.3. The zero-order valence-electron chi connectivity index (χ0n) is 11.7. The summed E-state index contributed by atoms with van der Waals surface area (Å²) in [5, 5.41) is 6.34. The Morgan fingerprint density at radius 1 is 1.47 bits per heavy atom. The molecule has 104 valence electrons. The molecule has 1 aliphatic heterocycles. The molecule has 0 radical (unpaired) electrons. The molecule has 2 N–H and O–H groups in total. The van der Waals surface area contributed by atoms with E-state index in [0.717, 1.165) is 37.4 Å². The average molecular weight is 278 g/mol. The van der Waals surface area contributed by atoms with Crippen LogP contribution in [0.15, 0.2) is 24.3 Å². The molecule has 1 aromatic carbocycles. The van der Waals surface area contributed by atoms with Crippen molar-refractivity contribution in [3.05, 3.63) is 29.8 Å². The Hall–Kier alpha value is -1.00. The summed E-state index contributed by atoms with van der Waals surface area (Å²) < 4.78 is -0.252. The fourth-order valence-electron chi connectivity index (χ4n) is 2.25. The molecule has 0 spiro atoms. The van der Waals surface area contributed by atoms with Crippen LogP contribution < -0.4 is 10.6 Å². The molecule has 0 aromatic heterocycles. The molecule has 3 nitrogen and oxygen atoms in total. The van der Waals surface area contributed by atoms with Crippen molar-refractivity contribution < 1.29 is 4.79 Å². The highest BCUT2D eigenvalue weighted by Gasteiger charge is 2.37. The minimum atomic E-state index is -0.252. The fourth-order valence-corrected chi connectivity index (χ4v) is 3.46.